The summed E-state index contributed by atoms with van der Waals surface area (Å²) >= 11 is 0. The van der Waals surface area contributed by atoms with Crippen LogP contribution in [0.5, 0.6) is 0 Å². The predicted octanol–water partition coefficient (Wildman–Crippen LogP) is 5.13. The summed E-state index contributed by atoms with van der Waals surface area (Å²) in [7, 11) is 2.23. The predicted molar refractivity (Wildman–Crippen MR) is 146 cm³/mol. The molecular formula is C29H36N8. The Morgan fingerprint density at radius 2 is 1.81 bits per heavy atom. The molecule has 8 nitrogen and oxygen atoms in total. The first-order chi connectivity index (χ1) is 18.2. The normalized spacial score (nSPS) is 15.8. The molecule has 2 aromatic heterocycles. The molecule has 0 unspecified atom stereocenters. The Labute approximate surface area is 218 Å². The zero-order chi connectivity index (χ0) is 25.2. The highest BCUT2D eigenvalue weighted by atomic mass is 15.5. The number of aromatic amines is 1. The van der Waals surface area contributed by atoms with Crippen LogP contribution in [0.4, 0.5) is 5.82 Å². The first-order valence-electron chi connectivity index (χ1n) is 13.6. The summed E-state index contributed by atoms with van der Waals surface area (Å²) in [5.74, 6) is 3.99. The number of anilines is 1. The maximum absolute atomic E-state index is 5.26. The summed E-state index contributed by atoms with van der Waals surface area (Å²) in [6.07, 6.45) is 7.43. The Morgan fingerprint density at radius 3 is 2.54 bits per heavy atom. The number of unbranched alkanes of at least 4 members (excludes halogenated alkanes) is 2. The minimum atomic E-state index is 0.682. The van der Waals surface area contributed by atoms with E-state index in [0.29, 0.717) is 5.82 Å². The molecular weight excluding hydrogens is 460 g/mol. The van der Waals surface area contributed by atoms with Gasteiger partial charge in [-0.25, -0.2) is 10.1 Å². The van der Waals surface area contributed by atoms with E-state index >= 15 is 0 Å². The quantitative estimate of drug-likeness (QED) is 0.307. The third-order valence-corrected chi connectivity index (χ3v) is 7.57. The number of aromatic nitrogens is 6. The van der Waals surface area contributed by atoms with E-state index < -0.39 is 0 Å². The second-order valence-corrected chi connectivity index (χ2v) is 10.7. The topological polar surface area (TPSA) is 78.8 Å². The Balaban J connectivity index is 1.29. The Hall–Kier alpha value is -3.52. The van der Waals surface area contributed by atoms with Gasteiger partial charge in [0.2, 0.25) is 0 Å². The lowest BCUT2D eigenvalue weighted by molar-refractivity contribution is 0.297. The van der Waals surface area contributed by atoms with Crippen molar-refractivity contribution >= 4 is 5.82 Å². The van der Waals surface area contributed by atoms with Crippen LogP contribution in [-0.4, -0.2) is 55.3 Å². The molecule has 2 aliphatic rings. The van der Waals surface area contributed by atoms with E-state index in [0.717, 1.165) is 55.3 Å². The van der Waals surface area contributed by atoms with Gasteiger partial charge in [0.15, 0.2) is 11.6 Å². The molecule has 3 heterocycles. The molecule has 1 fully saturated rings. The lowest BCUT2D eigenvalue weighted by atomic mass is 9.98. The van der Waals surface area contributed by atoms with Gasteiger partial charge in [0.1, 0.15) is 5.82 Å². The van der Waals surface area contributed by atoms with Crippen LogP contribution in [0.2, 0.25) is 0 Å². The van der Waals surface area contributed by atoms with Crippen LogP contribution in [0.3, 0.4) is 0 Å². The minimum Gasteiger partial charge on any atom is -0.342 e. The zero-order valence-corrected chi connectivity index (χ0v) is 21.9. The maximum atomic E-state index is 5.26. The van der Waals surface area contributed by atoms with Crippen LogP contribution in [0.15, 0.2) is 48.5 Å². The van der Waals surface area contributed by atoms with Crippen LogP contribution in [0.1, 0.15) is 56.1 Å². The second-order valence-electron chi connectivity index (χ2n) is 10.7. The van der Waals surface area contributed by atoms with Crippen LogP contribution >= 0.6 is 0 Å². The van der Waals surface area contributed by atoms with Crippen molar-refractivity contribution in [1.82, 2.24) is 35.1 Å². The molecule has 1 aliphatic carbocycles. The molecule has 0 amide bonds. The van der Waals surface area contributed by atoms with Gasteiger partial charge in [-0.05, 0) is 59.3 Å². The fraction of sp³-hybridized carbons (Fsp3) is 0.448. The molecule has 1 saturated carbocycles. The number of hydrogen-bond donors (Lipinski definition) is 1. The number of nitrogens with zero attached hydrogens (tertiary/aromatic N) is 7. The van der Waals surface area contributed by atoms with Crippen molar-refractivity contribution in [1.29, 1.82) is 0 Å². The zero-order valence-electron chi connectivity index (χ0n) is 21.9. The van der Waals surface area contributed by atoms with Crippen molar-refractivity contribution in [2.45, 2.75) is 58.5 Å². The molecule has 0 bridgehead atoms. The van der Waals surface area contributed by atoms with Crippen LogP contribution in [0, 0.1) is 5.92 Å². The van der Waals surface area contributed by atoms with Gasteiger partial charge < -0.3 is 9.47 Å². The van der Waals surface area contributed by atoms with Crippen molar-refractivity contribution in [3.05, 3.63) is 65.6 Å². The van der Waals surface area contributed by atoms with E-state index in [1.54, 1.807) is 0 Å². The average Bonchev–Trinajstić information content (AvgIpc) is 3.43. The molecule has 1 N–H and O–H groups in total. The molecule has 192 valence electrons. The summed E-state index contributed by atoms with van der Waals surface area (Å²) in [6, 6.07) is 17.2. The number of H-pyrrole nitrogens is 1. The van der Waals surface area contributed by atoms with E-state index in [4.69, 9.17) is 4.98 Å². The molecule has 1 aliphatic heterocycles. The lowest BCUT2D eigenvalue weighted by Gasteiger charge is -2.34. The first kappa shape index (κ1) is 23.9. The summed E-state index contributed by atoms with van der Waals surface area (Å²) in [4.78, 5) is 10.2. The molecule has 8 heteroatoms. The smallest absolute Gasteiger partial charge is 0.180 e. The van der Waals surface area contributed by atoms with Crippen LogP contribution < -0.4 is 4.90 Å². The van der Waals surface area contributed by atoms with Crippen molar-refractivity contribution < 1.29 is 0 Å². The molecule has 2 aromatic carbocycles. The number of tetrazole rings is 1. The fourth-order valence-corrected chi connectivity index (χ4v) is 5.45. The van der Waals surface area contributed by atoms with Gasteiger partial charge in [-0.1, -0.05) is 68.3 Å². The van der Waals surface area contributed by atoms with Gasteiger partial charge in [0.05, 0.1) is 12.4 Å². The average molecular weight is 497 g/mol. The molecule has 4 aromatic rings. The molecule has 6 rings (SSSR count). The third-order valence-electron chi connectivity index (χ3n) is 7.57. The standard InChI is InChI=1S/C29H36N8/c1-3-4-5-10-27-30-29-26(19-35(2)20-36(29)17-21-11-12-21)37(27)18-22-13-15-23(16-14-22)24-8-6-7-9-25(24)28-31-33-34-32-28/h6-9,13-16,21H,3-5,10-12,17-20H2,1-2H3,(H,31,32,33,34). The Morgan fingerprint density at radius 1 is 1.00 bits per heavy atom. The van der Waals surface area contributed by atoms with Crippen LogP contribution in [-0.2, 0) is 19.5 Å². The largest absolute Gasteiger partial charge is 0.342 e. The van der Waals surface area contributed by atoms with Crippen molar-refractivity contribution in [2.24, 2.45) is 5.92 Å². The number of nitrogens with one attached hydrogen (secondary N) is 1. The highest BCUT2D eigenvalue weighted by Crippen LogP contribution is 2.35. The summed E-state index contributed by atoms with van der Waals surface area (Å²) in [5.41, 5.74) is 5.93. The highest BCUT2D eigenvalue weighted by molar-refractivity contribution is 5.80. The minimum absolute atomic E-state index is 0.682. The molecule has 0 radical (unpaired) electrons. The summed E-state index contributed by atoms with van der Waals surface area (Å²) in [6.45, 7) is 6.18. The Kier molecular flexibility index (Phi) is 6.74. The second kappa shape index (κ2) is 10.5. The Bertz CT molecular complexity index is 1320. The van der Waals surface area contributed by atoms with Gasteiger partial charge in [0.25, 0.3) is 0 Å². The third kappa shape index (κ3) is 5.16. The first-order valence-corrected chi connectivity index (χ1v) is 13.6. The number of fused-ring (bicyclic) bond motifs is 1. The SMILES string of the molecule is CCCCCc1nc2c(n1Cc1ccc(-c3ccccc3-c3nnn[nH]3)cc1)CN(C)CN2CC1CC1. The lowest BCUT2D eigenvalue weighted by Crippen LogP contribution is -2.42. The monoisotopic (exact) mass is 496 g/mol. The van der Waals surface area contributed by atoms with Gasteiger partial charge in [-0.15, -0.1) is 5.10 Å². The van der Waals surface area contributed by atoms with Gasteiger partial charge in [-0.3, -0.25) is 4.90 Å². The van der Waals surface area contributed by atoms with Gasteiger partial charge in [-0.2, -0.15) is 0 Å². The van der Waals surface area contributed by atoms with Crippen LogP contribution in [0.25, 0.3) is 22.5 Å². The van der Waals surface area contributed by atoms with E-state index in [-0.39, 0.29) is 0 Å². The van der Waals surface area contributed by atoms with Crippen molar-refractivity contribution in [3.8, 4) is 22.5 Å². The van der Waals surface area contributed by atoms with E-state index in [9.17, 15) is 0 Å². The van der Waals surface area contributed by atoms with Gasteiger partial charge in [0, 0.05) is 31.6 Å². The molecule has 0 saturated heterocycles. The number of imidazole rings is 1. The maximum Gasteiger partial charge on any atom is 0.180 e. The van der Waals surface area contributed by atoms with Crippen molar-refractivity contribution in [3.63, 3.8) is 0 Å². The molecule has 37 heavy (non-hydrogen) atoms. The summed E-state index contributed by atoms with van der Waals surface area (Å²) < 4.78 is 2.50. The van der Waals surface area contributed by atoms with E-state index in [2.05, 4.69) is 91.4 Å². The number of hydrogen-bond acceptors (Lipinski definition) is 6. The molecule has 0 spiro atoms. The van der Waals surface area contributed by atoms with E-state index in [1.807, 2.05) is 6.07 Å². The molecule has 0 atom stereocenters. The van der Waals surface area contributed by atoms with Gasteiger partial charge >= 0.3 is 0 Å². The summed E-state index contributed by atoms with van der Waals surface area (Å²) in [5, 5.41) is 14.5. The van der Waals surface area contributed by atoms with Crippen molar-refractivity contribution in [2.75, 3.05) is 25.2 Å². The number of rotatable bonds is 10. The number of benzene rings is 2. The fourth-order valence-electron chi connectivity index (χ4n) is 5.45. The highest BCUT2D eigenvalue weighted by Gasteiger charge is 2.32. The number of aryl methyl sites for hydroxylation is 1. The van der Waals surface area contributed by atoms with E-state index in [1.165, 1.54) is 55.0 Å².